The Hall–Kier alpha value is -0.670. The number of hydrogen-bond donors (Lipinski definition) is 1. The average molecular weight is 279 g/mol. The minimum absolute atomic E-state index is 0.149. The maximum atomic E-state index is 6.45. The first-order valence-electron chi connectivity index (χ1n) is 7.15. The number of aryl methyl sites for hydroxylation is 1. The van der Waals surface area contributed by atoms with Crippen LogP contribution >= 0.6 is 11.8 Å². The minimum Gasteiger partial charge on any atom is -0.497 e. The van der Waals surface area contributed by atoms with Crippen molar-refractivity contribution < 1.29 is 4.74 Å². The molecule has 2 nitrogen and oxygen atoms in total. The second kappa shape index (κ2) is 6.67. The van der Waals surface area contributed by atoms with Crippen LogP contribution in [0, 0.1) is 5.92 Å². The summed E-state index contributed by atoms with van der Waals surface area (Å²) in [5.74, 6) is 2.91. The van der Waals surface area contributed by atoms with Crippen LogP contribution < -0.4 is 10.5 Å². The van der Waals surface area contributed by atoms with Crippen LogP contribution in [-0.2, 0) is 6.42 Å². The summed E-state index contributed by atoms with van der Waals surface area (Å²) >= 11 is 2.05. The molecule has 0 heterocycles. The smallest absolute Gasteiger partial charge is 0.119 e. The van der Waals surface area contributed by atoms with Crippen LogP contribution in [0.2, 0.25) is 0 Å². The molecule has 19 heavy (non-hydrogen) atoms. The van der Waals surface area contributed by atoms with Gasteiger partial charge in [0.2, 0.25) is 0 Å². The van der Waals surface area contributed by atoms with Crippen molar-refractivity contribution in [1.29, 1.82) is 0 Å². The molecule has 2 unspecified atom stereocenters. The highest BCUT2D eigenvalue weighted by atomic mass is 32.2. The number of nitrogens with two attached hydrogens (primary N) is 1. The van der Waals surface area contributed by atoms with Gasteiger partial charge in [0.05, 0.1) is 7.11 Å². The molecule has 1 aromatic rings. The van der Waals surface area contributed by atoms with Gasteiger partial charge in [0.1, 0.15) is 5.75 Å². The highest BCUT2D eigenvalue weighted by molar-refractivity contribution is 7.99. The number of ether oxygens (including phenoxy) is 1. The maximum absolute atomic E-state index is 6.45. The van der Waals surface area contributed by atoms with Crippen LogP contribution in [0.5, 0.6) is 5.75 Å². The molecular weight excluding hydrogens is 254 g/mol. The van der Waals surface area contributed by atoms with E-state index in [2.05, 4.69) is 26.0 Å². The first-order valence-corrected chi connectivity index (χ1v) is 8.20. The van der Waals surface area contributed by atoms with Crippen LogP contribution in [0.3, 0.4) is 0 Å². The maximum Gasteiger partial charge on any atom is 0.119 e. The number of methoxy groups -OCH3 is 1. The lowest BCUT2D eigenvalue weighted by molar-refractivity contribution is 0.412. The van der Waals surface area contributed by atoms with Crippen LogP contribution in [-0.4, -0.2) is 18.1 Å². The number of fused-ring (bicyclic) bond motifs is 1. The van der Waals surface area contributed by atoms with Crippen molar-refractivity contribution in [3.05, 3.63) is 29.3 Å². The van der Waals surface area contributed by atoms with Gasteiger partial charge in [-0.05, 0) is 54.2 Å². The Labute approximate surface area is 121 Å². The summed E-state index contributed by atoms with van der Waals surface area (Å²) in [7, 11) is 1.71. The highest BCUT2D eigenvalue weighted by Crippen LogP contribution is 2.37. The van der Waals surface area contributed by atoms with E-state index < -0.39 is 0 Å². The van der Waals surface area contributed by atoms with Crippen molar-refractivity contribution in [3.63, 3.8) is 0 Å². The lowest BCUT2D eigenvalue weighted by Gasteiger charge is -2.31. The van der Waals surface area contributed by atoms with Crippen LogP contribution in [0.25, 0.3) is 0 Å². The summed E-state index contributed by atoms with van der Waals surface area (Å²) in [6, 6.07) is 6.48. The normalized spacial score (nSPS) is 22.4. The lowest BCUT2D eigenvalue weighted by atomic mass is 9.87. The summed E-state index contributed by atoms with van der Waals surface area (Å²) in [4.78, 5) is 0. The molecule has 0 spiro atoms. The van der Waals surface area contributed by atoms with Crippen molar-refractivity contribution in [3.8, 4) is 5.75 Å². The van der Waals surface area contributed by atoms with Crippen LogP contribution in [0.4, 0.5) is 0 Å². The molecule has 0 saturated carbocycles. The number of thioether (sulfide) groups is 1. The fourth-order valence-electron chi connectivity index (χ4n) is 2.56. The molecule has 0 fully saturated rings. The molecule has 0 aliphatic heterocycles. The number of hydrogen-bond acceptors (Lipinski definition) is 3. The monoisotopic (exact) mass is 279 g/mol. The Morgan fingerprint density at radius 1 is 1.42 bits per heavy atom. The molecule has 0 bridgehead atoms. The second-order valence-corrected chi connectivity index (χ2v) is 7.07. The Morgan fingerprint density at radius 2 is 2.21 bits per heavy atom. The van der Waals surface area contributed by atoms with E-state index in [-0.39, 0.29) is 6.04 Å². The zero-order valence-electron chi connectivity index (χ0n) is 12.2. The SMILES string of the molecule is COc1ccc2c(c1)C(N)C(SCCC(C)C)CC2. The van der Waals surface area contributed by atoms with Gasteiger partial charge in [0.25, 0.3) is 0 Å². The number of rotatable bonds is 5. The Morgan fingerprint density at radius 3 is 2.89 bits per heavy atom. The Balaban J connectivity index is 2.03. The second-order valence-electron chi connectivity index (χ2n) is 5.72. The number of benzene rings is 1. The van der Waals surface area contributed by atoms with E-state index in [0.29, 0.717) is 5.25 Å². The van der Waals surface area contributed by atoms with Gasteiger partial charge in [-0.2, -0.15) is 11.8 Å². The van der Waals surface area contributed by atoms with Crippen molar-refractivity contribution in [1.82, 2.24) is 0 Å². The molecule has 0 radical (unpaired) electrons. The molecule has 0 saturated heterocycles. The molecule has 2 atom stereocenters. The van der Waals surface area contributed by atoms with Gasteiger partial charge in [-0.1, -0.05) is 19.9 Å². The van der Waals surface area contributed by atoms with E-state index in [1.807, 2.05) is 17.8 Å². The van der Waals surface area contributed by atoms with E-state index in [0.717, 1.165) is 18.1 Å². The molecule has 3 heteroatoms. The predicted molar refractivity (Wildman–Crippen MR) is 83.9 cm³/mol. The fourth-order valence-corrected chi connectivity index (χ4v) is 4.11. The molecule has 106 valence electrons. The molecule has 1 aliphatic rings. The zero-order valence-corrected chi connectivity index (χ0v) is 13.0. The molecule has 0 amide bonds. The molecule has 1 aliphatic carbocycles. The van der Waals surface area contributed by atoms with Crippen LogP contribution in [0.1, 0.15) is 43.9 Å². The Bertz CT molecular complexity index is 419. The van der Waals surface area contributed by atoms with E-state index in [1.165, 1.54) is 29.7 Å². The summed E-state index contributed by atoms with van der Waals surface area (Å²) in [5.41, 5.74) is 9.14. The van der Waals surface area contributed by atoms with Gasteiger partial charge in [0, 0.05) is 11.3 Å². The van der Waals surface area contributed by atoms with Gasteiger partial charge in [-0.15, -0.1) is 0 Å². The van der Waals surface area contributed by atoms with E-state index >= 15 is 0 Å². The van der Waals surface area contributed by atoms with Gasteiger partial charge < -0.3 is 10.5 Å². The summed E-state index contributed by atoms with van der Waals surface area (Å²) in [6.45, 7) is 4.56. The standard InChI is InChI=1S/C16H25NOS/c1-11(2)8-9-19-15-7-5-12-4-6-13(18-3)10-14(12)16(15)17/h4,6,10-11,15-16H,5,7-9,17H2,1-3H3. The summed E-state index contributed by atoms with van der Waals surface area (Å²) in [5, 5.41) is 0.554. The third-order valence-corrected chi connectivity index (χ3v) is 5.27. The predicted octanol–water partition coefficient (Wildman–Crippen LogP) is 3.79. The van der Waals surface area contributed by atoms with Crippen molar-refractivity contribution in [2.75, 3.05) is 12.9 Å². The van der Waals surface area contributed by atoms with Gasteiger partial charge in [-0.25, -0.2) is 0 Å². The molecule has 2 N–H and O–H groups in total. The summed E-state index contributed by atoms with van der Waals surface area (Å²) in [6.07, 6.45) is 3.62. The van der Waals surface area contributed by atoms with Crippen molar-refractivity contribution in [2.45, 2.75) is 44.4 Å². The van der Waals surface area contributed by atoms with E-state index in [1.54, 1.807) is 7.11 Å². The minimum atomic E-state index is 0.149. The third-order valence-electron chi connectivity index (χ3n) is 3.84. The lowest BCUT2D eigenvalue weighted by Crippen LogP contribution is -2.29. The van der Waals surface area contributed by atoms with Gasteiger partial charge in [-0.3, -0.25) is 0 Å². The van der Waals surface area contributed by atoms with Crippen LogP contribution in [0.15, 0.2) is 18.2 Å². The average Bonchev–Trinajstić information content (AvgIpc) is 2.41. The topological polar surface area (TPSA) is 35.2 Å². The molecule has 2 rings (SSSR count). The molecule has 1 aromatic carbocycles. The quantitative estimate of drug-likeness (QED) is 0.890. The van der Waals surface area contributed by atoms with E-state index in [4.69, 9.17) is 10.5 Å². The third kappa shape index (κ3) is 3.67. The largest absolute Gasteiger partial charge is 0.497 e. The molecule has 0 aromatic heterocycles. The first-order chi connectivity index (χ1) is 9.11. The van der Waals surface area contributed by atoms with Crippen molar-refractivity contribution in [2.24, 2.45) is 11.7 Å². The Kier molecular flexibility index (Phi) is 5.17. The molecular formula is C16H25NOS. The highest BCUT2D eigenvalue weighted by Gasteiger charge is 2.27. The van der Waals surface area contributed by atoms with E-state index in [9.17, 15) is 0 Å². The zero-order chi connectivity index (χ0) is 13.8. The van der Waals surface area contributed by atoms with Gasteiger partial charge >= 0.3 is 0 Å². The fraction of sp³-hybridized carbons (Fsp3) is 0.625. The first kappa shape index (κ1) is 14.7. The van der Waals surface area contributed by atoms with Gasteiger partial charge in [0.15, 0.2) is 0 Å². The summed E-state index contributed by atoms with van der Waals surface area (Å²) < 4.78 is 5.31. The van der Waals surface area contributed by atoms with Crippen molar-refractivity contribution >= 4 is 11.8 Å².